The molecule has 0 aliphatic carbocycles. The van der Waals surface area contributed by atoms with E-state index < -0.39 is 5.97 Å². The number of furan rings is 1. The number of anilines is 1. The van der Waals surface area contributed by atoms with Gasteiger partial charge in [0, 0.05) is 19.0 Å². The number of carbonyl (C=O) groups excluding carboxylic acids is 1. The number of piperidine rings is 1. The van der Waals surface area contributed by atoms with E-state index in [-0.39, 0.29) is 24.1 Å². The third kappa shape index (κ3) is 3.64. The van der Waals surface area contributed by atoms with Crippen molar-refractivity contribution in [2.75, 3.05) is 18.0 Å². The maximum absolute atomic E-state index is 12.4. The summed E-state index contributed by atoms with van der Waals surface area (Å²) < 4.78 is 10.9. The van der Waals surface area contributed by atoms with Gasteiger partial charge >= 0.3 is 5.97 Å². The van der Waals surface area contributed by atoms with E-state index in [0.29, 0.717) is 37.7 Å². The van der Waals surface area contributed by atoms with Crippen LogP contribution < -0.4 is 10.2 Å². The smallest absolute Gasteiger partial charge is 0.371 e. The molecule has 0 spiro atoms. The predicted octanol–water partition coefficient (Wildman–Crippen LogP) is 2.65. The van der Waals surface area contributed by atoms with E-state index >= 15 is 0 Å². The molecule has 3 heterocycles. The van der Waals surface area contributed by atoms with Gasteiger partial charge in [-0.25, -0.2) is 4.79 Å². The van der Waals surface area contributed by atoms with Crippen LogP contribution in [0.3, 0.4) is 0 Å². The second kappa shape index (κ2) is 7.14. The molecule has 1 fully saturated rings. The largest absolute Gasteiger partial charge is 0.475 e. The third-order valence-corrected chi connectivity index (χ3v) is 4.73. The lowest BCUT2D eigenvalue weighted by molar-refractivity contribution is -0.125. The van der Waals surface area contributed by atoms with Crippen LogP contribution in [0.25, 0.3) is 11.1 Å². The molecule has 8 heteroatoms. The van der Waals surface area contributed by atoms with Crippen molar-refractivity contribution in [2.45, 2.75) is 19.4 Å². The number of aromatic carboxylic acids is 1. The van der Waals surface area contributed by atoms with E-state index in [4.69, 9.17) is 13.9 Å². The second-order valence-electron chi connectivity index (χ2n) is 6.51. The van der Waals surface area contributed by atoms with E-state index in [1.54, 1.807) is 6.07 Å². The molecule has 0 atom stereocenters. The van der Waals surface area contributed by atoms with Crippen LogP contribution in [0.1, 0.15) is 29.2 Å². The molecule has 4 rings (SSSR count). The molecule has 3 aromatic rings. The van der Waals surface area contributed by atoms with Gasteiger partial charge in [-0.1, -0.05) is 12.1 Å². The van der Waals surface area contributed by atoms with Crippen LogP contribution in [0.15, 0.2) is 45.2 Å². The van der Waals surface area contributed by atoms with Crippen molar-refractivity contribution in [1.82, 2.24) is 10.3 Å². The highest BCUT2D eigenvalue weighted by molar-refractivity contribution is 5.84. The first-order chi connectivity index (χ1) is 13.1. The van der Waals surface area contributed by atoms with Crippen molar-refractivity contribution in [3.63, 3.8) is 0 Å². The van der Waals surface area contributed by atoms with Crippen LogP contribution in [-0.2, 0) is 11.3 Å². The van der Waals surface area contributed by atoms with Gasteiger partial charge in [0.2, 0.25) is 11.7 Å². The molecule has 0 saturated carbocycles. The average Bonchev–Trinajstić information content (AvgIpc) is 3.33. The number of rotatable bonds is 5. The zero-order valence-corrected chi connectivity index (χ0v) is 14.6. The number of aromatic nitrogens is 1. The first-order valence-electron chi connectivity index (χ1n) is 8.80. The number of carbonyl (C=O) groups is 2. The number of nitrogens with one attached hydrogen (secondary N) is 1. The Morgan fingerprint density at radius 2 is 1.93 bits per heavy atom. The van der Waals surface area contributed by atoms with Crippen molar-refractivity contribution in [3.8, 4) is 0 Å². The number of fused-ring (bicyclic) bond motifs is 1. The van der Waals surface area contributed by atoms with Crippen LogP contribution in [0.2, 0.25) is 0 Å². The van der Waals surface area contributed by atoms with Crippen molar-refractivity contribution in [3.05, 3.63) is 47.9 Å². The lowest BCUT2D eigenvalue weighted by atomic mass is 9.96. The Kier molecular flexibility index (Phi) is 4.53. The molecule has 1 aliphatic rings. The molecule has 1 saturated heterocycles. The summed E-state index contributed by atoms with van der Waals surface area (Å²) in [6.07, 6.45) is 1.40. The number of benzene rings is 1. The van der Waals surface area contributed by atoms with Gasteiger partial charge in [0.15, 0.2) is 5.58 Å². The number of hydrogen-bond donors (Lipinski definition) is 2. The zero-order valence-electron chi connectivity index (χ0n) is 14.6. The normalized spacial score (nSPS) is 15.2. The highest BCUT2D eigenvalue weighted by atomic mass is 16.4. The predicted molar refractivity (Wildman–Crippen MR) is 96.5 cm³/mol. The van der Waals surface area contributed by atoms with Gasteiger partial charge in [-0.2, -0.15) is 4.98 Å². The Balaban J connectivity index is 1.30. The minimum Gasteiger partial charge on any atom is -0.475 e. The van der Waals surface area contributed by atoms with Gasteiger partial charge in [0.05, 0.1) is 6.54 Å². The van der Waals surface area contributed by atoms with Gasteiger partial charge in [-0.05, 0) is 37.1 Å². The summed E-state index contributed by atoms with van der Waals surface area (Å²) in [5.74, 6) is -0.991. The zero-order chi connectivity index (χ0) is 18.8. The Morgan fingerprint density at radius 1 is 1.15 bits per heavy atom. The molecule has 1 aliphatic heterocycles. The molecule has 0 unspecified atom stereocenters. The highest BCUT2D eigenvalue weighted by Crippen LogP contribution is 2.26. The van der Waals surface area contributed by atoms with Crippen LogP contribution in [0.4, 0.5) is 6.01 Å². The summed E-state index contributed by atoms with van der Waals surface area (Å²) in [5, 5.41) is 11.7. The van der Waals surface area contributed by atoms with E-state index in [2.05, 4.69) is 15.2 Å². The molecule has 0 radical (unpaired) electrons. The Hall–Kier alpha value is -3.29. The molecule has 1 aromatic carbocycles. The van der Waals surface area contributed by atoms with Gasteiger partial charge in [0.25, 0.3) is 6.01 Å². The Bertz CT molecular complexity index is 936. The highest BCUT2D eigenvalue weighted by Gasteiger charge is 2.27. The fourth-order valence-corrected chi connectivity index (χ4v) is 3.23. The number of oxazole rings is 1. The standard InChI is InChI=1S/C19H19N3O5/c23-17(20-11-13-5-6-16(26-13)18(24)25)12-7-9-22(10-8-12)19-21-14-3-1-2-4-15(14)27-19/h1-6,12H,7-11H2,(H,20,23)(H,24,25). The van der Waals surface area contributed by atoms with Gasteiger partial charge < -0.3 is 24.2 Å². The molecule has 8 nitrogen and oxygen atoms in total. The average molecular weight is 369 g/mol. The monoisotopic (exact) mass is 369 g/mol. The molecule has 140 valence electrons. The van der Waals surface area contributed by atoms with Crippen molar-refractivity contribution in [1.29, 1.82) is 0 Å². The number of carboxylic acid groups (broad SMARTS) is 1. The topological polar surface area (TPSA) is 109 Å². The molecule has 0 bridgehead atoms. The van der Waals surface area contributed by atoms with E-state index in [1.807, 2.05) is 24.3 Å². The minimum absolute atomic E-state index is 0.0551. The summed E-state index contributed by atoms with van der Waals surface area (Å²) in [6, 6.07) is 11.1. The van der Waals surface area contributed by atoms with E-state index in [1.165, 1.54) is 6.07 Å². The Labute approximate surface area is 154 Å². The fraction of sp³-hybridized carbons (Fsp3) is 0.316. The molecule has 2 aromatic heterocycles. The first-order valence-corrected chi connectivity index (χ1v) is 8.80. The van der Waals surface area contributed by atoms with Gasteiger partial charge in [0.1, 0.15) is 11.3 Å². The van der Waals surface area contributed by atoms with Crippen LogP contribution in [0.5, 0.6) is 0 Å². The summed E-state index contributed by atoms with van der Waals surface area (Å²) in [5.41, 5.74) is 1.58. The van der Waals surface area contributed by atoms with E-state index in [0.717, 1.165) is 11.1 Å². The number of nitrogens with zero attached hydrogens (tertiary/aromatic N) is 2. The number of amides is 1. The van der Waals surface area contributed by atoms with Crippen LogP contribution >= 0.6 is 0 Å². The number of carboxylic acids is 1. The molecule has 2 N–H and O–H groups in total. The SMILES string of the molecule is O=C(O)c1ccc(CNC(=O)C2CCN(c3nc4ccccc4o3)CC2)o1. The summed E-state index contributed by atoms with van der Waals surface area (Å²) >= 11 is 0. The van der Waals surface area contributed by atoms with Crippen molar-refractivity contribution in [2.24, 2.45) is 5.92 Å². The number of para-hydroxylation sites is 2. The molecular weight excluding hydrogens is 350 g/mol. The first kappa shape index (κ1) is 17.1. The quantitative estimate of drug-likeness (QED) is 0.711. The maximum atomic E-state index is 12.4. The lowest BCUT2D eigenvalue weighted by Gasteiger charge is -2.30. The minimum atomic E-state index is -1.13. The van der Waals surface area contributed by atoms with E-state index in [9.17, 15) is 9.59 Å². The van der Waals surface area contributed by atoms with Crippen LogP contribution in [-0.4, -0.2) is 35.1 Å². The van der Waals surface area contributed by atoms with Gasteiger partial charge in [-0.3, -0.25) is 4.79 Å². The summed E-state index contributed by atoms with van der Waals surface area (Å²) in [6.45, 7) is 1.56. The lowest BCUT2D eigenvalue weighted by Crippen LogP contribution is -2.40. The summed E-state index contributed by atoms with van der Waals surface area (Å²) in [7, 11) is 0. The number of hydrogen-bond acceptors (Lipinski definition) is 6. The maximum Gasteiger partial charge on any atom is 0.371 e. The van der Waals surface area contributed by atoms with Crippen molar-refractivity contribution >= 4 is 29.0 Å². The molecular formula is C19H19N3O5. The second-order valence-corrected chi connectivity index (χ2v) is 6.51. The third-order valence-electron chi connectivity index (χ3n) is 4.73. The fourth-order valence-electron chi connectivity index (χ4n) is 3.23. The van der Waals surface area contributed by atoms with Crippen molar-refractivity contribution < 1.29 is 23.5 Å². The molecule has 27 heavy (non-hydrogen) atoms. The summed E-state index contributed by atoms with van der Waals surface area (Å²) in [4.78, 5) is 29.7. The van der Waals surface area contributed by atoms with Crippen LogP contribution in [0, 0.1) is 5.92 Å². The Morgan fingerprint density at radius 3 is 2.63 bits per heavy atom. The molecule has 1 amide bonds. The van der Waals surface area contributed by atoms with Gasteiger partial charge in [-0.15, -0.1) is 0 Å².